The molecule has 1 aromatic carbocycles. The van der Waals surface area contributed by atoms with E-state index in [1.165, 1.54) is 0 Å². The van der Waals surface area contributed by atoms with Crippen molar-refractivity contribution in [3.8, 4) is 11.3 Å². The van der Waals surface area contributed by atoms with Crippen LogP contribution in [0.4, 0.5) is 0 Å². The number of benzene rings is 1. The Labute approximate surface area is 141 Å². The molecule has 0 spiro atoms. The van der Waals surface area contributed by atoms with Gasteiger partial charge in [0.2, 0.25) is 0 Å². The van der Waals surface area contributed by atoms with Crippen molar-refractivity contribution in [2.75, 3.05) is 6.54 Å². The highest BCUT2D eigenvalue weighted by Crippen LogP contribution is 2.28. The number of hydrogen-bond donors (Lipinski definition) is 2. The van der Waals surface area contributed by atoms with Gasteiger partial charge < -0.3 is 14.8 Å². The first-order valence-electron chi connectivity index (χ1n) is 7.74. The van der Waals surface area contributed by atoms with Gasteiger partial charge in [-0.2, -0.15) is 0 Å². The number of carboxylic acid groups (broad SMARTS) is 1. The van der Waals surface area contributed by atoms with Gasteiger partial charge in [0.15, 0.2) is 0 Å². The second kappa shape index (κ2) is 8.18. The minimum atomic E-state index is -0.762. The van der Waals surface area contributed by atoms with Crippen LogP contribution in [0.3, 0.4) is 0 Å². The van der Waals surface area contributed by atoms with E-state index in [2.05, 4.69) is 5.32 Å². The van der Waals surface area contributed by atoms with Crippen molar-refractivity contribution in [3.63, 3.8) is 0 Å². The minimum absolute atomic E-state index is 0.355. The molecule has 0 fully saturated rings. The highest BCUT2D eigenvalue weighted by Gasteiger charge is 2.18. The van der Waals surface area contributed by atoms with Gasteiger partial charge in [-0.15, -0.1) is 0 Å². The summed E-state index contributed by atoms with van der Waals surface area (Å²) in [6, 6.07) is 11.3. The quantitative estimate of drug-likeness (QED) is 0.748. The number of hydrogen-bond acceptors (Lipinski definition) is 3. The van der Waals surface area contributed by atoms with Crippen LogP contribution in [-0.2, 0) is 11.3 Å². The molecule has 0 radical (unpaired) electrons. The normalized spacial score (nSPS) is 12.5. The maximum absolute atomic E-state index is 11.2. The predicted molar refractivity (Wildman–Crippen MR) is 91.4 cm³/mol. The topological polar surface area (TPSA) is 62.5 Å². The number of carboxylic acids is 1. The smallest absolute Gasteiger partial charge is 0.307 e. The lowest BCUT2D eigenvalue weighted by molar-refractivity contribution is -0.142. The summed E-state index contributed by atoms with van der Waals surface area (Å²) >= 11 is 6.16. The summed E-state index contributed by atoms with van der Waals surface area (Å²) in [6.45, 7) is 4.97. The maximum atomic E-state index is 11.2. The summed E-state index contributed by atoms with van der Waals surface area (Å²) in [5.74, 6) is 0.682. The van der Waals surface area contributed by atoms with Crippen LogP contribution in [0.2, 0.25) is 5.02 Å². The van der Waals surface area contributed by atoms with E-state index < -0.39 is 5.97 Å². The van der Waals surface area contributed by atoms with Crippen LogP contribution in [-0.4, -0.2) is 17.6 Å². The SMILES string of the molecule is CC(C)CC(CNCc1ccc(-c2ccccc2Cl)o1)C(=O)O. The Morgan fingerprint density at radius 3 is 2.65 bits per heavy atom. The number of rotatable bonds is 8. The van der Waals surface area contributed by atoms with Gasteiger partial charge in [0.05, 0.1) is 17.5 Å². The van der Waals surface area contributed by atoms with E-state index in [-0.39, 0.29) is 5.92 Å². The summed E-state index contributed by atoms with van der Waals surface area (Å²) in [5.41, 5.74) is 0.851. The minimum Gasteiger partial charge on any atom is -0.481 e. The number of furan rings is 1. The Morgan fingerprint density at radius 1 is 1.26 bits per heavy atom. The van der Waals surface area contributed by atoms with Crippen molar-refractivity contribution in [2.45, 2.75) is 26.8 Å². The average Bonchev–Trinajstić information content (AvgIpc) is 2.95. The molecule has 1 unspecified atom stereocenters. The van der Waals surface area contributed by atoms with E-state index in [0.717, 1.165) is 11.3 Å². The Bertz CT molecular complexity index is 651. The fourth-order valence-corrected chi connectivity index (χ4v) is 2.72. The monoisotopic (exact) mass is 335 g/mol. The van der Waals surface area contributed by atoms with Gasteiger partial charge in [-0.25, -0.2) is 0 Å². The second-order valence-electron chi connectivity index (χ2n) is 6.04. The summed E-state index contributed by atoms with van der Waals surface area (Å²) in [6.07, 6.45) is 0.658. The zero-order valence-corrected chi connectivity index (χ0v) is 14.1. The molecule has 4 nitrogen and oxygen atoms in total. The third-order valence-electron chi connectivity index (χ3n) is 3.60. The lowest BCUT2D eigenvalue weighted by Crippen LogP contribution is -2.29. The molecule has 23 heavy (non-hydrogen) atoms. The Hall–Kier alpha value is -1.78. The molecule has 2 N–H and O–H groups in total. The second-order valence-corrected chi connectivity index (χ2v) is 6.45. The number of nitrogens with one attached hydrogen (secondary N) is 1. The van der Waals surface area contributed by atoms with Gasteiger partial charge in [0.1, 0.15) is 11.5 Å². The standard InChI is InChI=1S/C18H22ClNO3/c1-12(2)9-13(18(21)22)10-20-11-14-7-8-17(23-14)15-5-3-4-6-16(15)19/h3-8,12-13,20H,9-11H2,1-2H3,(H,21,22). The lowest BCUT2D eigenvalue weighted by atomic mass is 9.97. The highest BCUT2D eigenvalue weighted by molar-refractivity contribution is 6.33. The summed E-state index contributed by atoms with van der Waals surface area (Å²) in [5, 5.41) is 13.0. The molecule has 0 bridgehead atoms. The maximum Gasteiger partial charge on any atom is 0.307 e. The largest absolute Gasteiger partial charge is 0.481 e. The van der Waals surface area contributed by atoms with E-state index in [0.29, 0.717) is 36.2 Å². The Morgan fingerprint density at radius 2 is 2.00 bits per heavy atom. The predicted octanol–water partition coefficient (Wildman–Crippen LogP) is 4.44. The molecule has 5 heteroatoms. The van der Waals surface area contributed by atoms with Crippen LogP contribution < -0.4 is 5.32 Å². The van der Waals surface area contributed by atoms with E-state index in [1.54, 1.807) is 0 Å². The molecular formula is C18H22ClNO3. The van der Waals surface area contributed by atoms with Gasteiger partial charge in [0, 0.05) is 12.1 Å². The zero-order valence-electron chi connectivity index (χ0n) is 13.4. The molecule has 1 atom stereocenters. The molecule has 1 heterocycles. The lowest BCUT2D eigenvalue weighted by Gasteiger charge is -2.14. The molecule has 0 aliphatic heterocycles. The Kier molecular flexibility index (Phi) is 6.25. The molecular weight excluding hydrogens is 314 g/mol. The molecule has 2 aromatic rings. The van der Waals surface area contributed by atoms with E-state index >= 15 is 0 Å². The fourth-order valence-electron chi connectivity index (χ4n) is 2.49. The molecule has 0 aliphatic carbocycles. The number of carbonyl (C=O) groups is 1. The fraction of sp³-hybridized carbons (Fsp3) is 0.389. The van der Waals surface area contributed by atoms with Crippen LogP contribution >= 0.6 is 11.6 Å². The highest BCUT2D eigenvalue weighted by atomic mass is 35.5. The first kappa shape index (κ1) is 17.6. The van der Waals surface area contributed by atoms with Crippen LogP contribution in [0.15, 0.2) is 40.8 Å². The van der Waals surface area contributed by atoms with Crippen molar-refractivity contribution >= 4 is 17.6 Å². The molecule has 2 rings (SSSR count). The van der Waals surface area contributed by atoms with E-state index in [1.807, 2.05) is 50.2 Å². The summed E-state index contributed by atoms with van der Waals surface area (Å²) in [7, 11) is 0. The molecule has 124 valence electrons. The first-order valence-corrected chi connectivity index (χ1v) is 8.12. The molecule has 0 saturated carbocycles. The van der Waals surface area contributed by atoms with Gasteiger partial charge >= 0.3 is 5.97 Å². The van der Waals surface area contributed by atoms with Crippen molar-refractivity contribution in [1.82, 2.24) is 5.32 Å². The number of aliphatic carboxylic acids is 1. The van der Waals surface area contributed by atoms with E-state index in [9.17, 15) is 9.90 Å². The van der Waals surface area contributed by atoms with Crippen molar-refractivity contribution in [3.05, 3.63) is 47.2 Å². The zero-order chi connectivity index (χ0) is 16.8. The third-order valence-corrected chi connectivity index (χ3v) is 3.93. The van der Waals surface area contributed by atoms with Crippen LogP contribution in [0.5, 0.6) is 0 Å². The third kappa shape index (κ3) is 5.12. The molecule has 0 aliphatic rings. The van der Waals surface area contributed by atoms with Gasteiger partial charge in [-0.1, -0.05) is 37.6 Å². The Balaban J connectivity index is 1.92. The molecule has 1 aromatic heterocycles. The van der Waals surface area contributed by atoms with Gasteiger partial charge in [-0.05, 0) is 36.6 Å². The van der Waals surface area contributed by atoms with Gasteiger partial charge in [-0.3, -0.25) is 4.79 Å². The molecule has 0 amide bonds. The summed E-state index contributed by atoms with van der Waals surface area (Å²) < 4.78 is 5.78. The van der Waals surface area contributed by atoms with Crippen molar-refractivity contribution < 1.29 is 14.3 Å². The molecule has 0 saturated heterocycles. The van der Waals surface area contributed by atoms with Crippen molar-refractivity contribution in [2.24, 2.45) is 11.8 Å². The average molecular weight is 336 g/mol. The summed E-state index contributed by atoms with van der Waals surface area (Å²) in [4.78, 5) is 11.2. The van der Waals surface area contributed by atoms with Crippen LogP contribution in [0.1, 0.15) is 26.0 Å². The number of halogens is 1. The van der Waals surface area contributed by atoms with E-state index in [4.69, 9.17) is 16.0 Å². The van der Waals surface area contributed by atoms with Crippen molar-refractivity contribution in [1.29, 1.82) is 0 Å². The van der Waals surface area contributed by atoms with Crippen LogP contribution in [0.25, 0.3) is 11.3 Å². The van der Waals surface area contributed by atoms with Crippen LogP contribution in [0, 0.1) is 11.8 Å². The van der Waals surface area contributed by atoms with Gasteiger partial charge in [0.25, 0.3) is 0 Å². The first-order chi connectivity index (χ1) is 11.0.